The SMILES string of the molecule is CN1[C@@H](C(C)(C)C)C(=O)C(C(=O)Nc2ccc(Cl)cc2-c2ccc(C(F)(F)F)nc2)C(=O)N1Cc1ccc(OCCN2CCOCC2)c(F)c1F. The zero-order valence-electron chi connectivity index (χ0n) is 28.3. The number of pyridine rings is 1. The molecule has 0 bridgehead atoms. The number of likely N-dealkylation sites (N-methyl/N-ethyl adjacent to an activating group) is 1. The summed E-state index contributed by atoms with van der Waals surface area (Å²) in [6.45, 7) is 7.83. The summed E-state index contributed by atoms with van der Waals surface area (Å²) in [5.41, 5.74) is -1.79. The van der Waals surface area contributed by atoms with Gasteiger partial charge in [-0.2, -0.15) is 17.6 Å². The standard InChI is InChI=1S/C35H37ClF5N5O5/c1-34(2,3)31-30(47)27(32(48)43-24-8-7-22(36)17-23(24)20-6-10-26(42-18-20)35(39,40)41)33(49)46(44(31)4)19-21-5-9-25(29(38)28(21)37)51-16-13-45-11-14-50-15-12-45/h5-10,17-18,27,31H,11-16,19H2,1-4H3,(H,43,48)/t27?,31-/m1/s1. The van der Waals surface area contributed by atoms with E-state index in [1.54, 1.807) is 20.8 Å². The summed E-state index contributed by atoms with van der Waals surface area (Å²) in [6.07, 6.45) is -3.72. The van der Waals surface area contributed by atoms with Crippen molar-refractivity contribution in [3.05, 3.63) is 76.6 Å². The van der Waals surface area contributed by atoms with Gasteiger partial charge in [-0.1, -0.05) is 44.5 Å². The van der Waals surface area contributed by atoms with Crippen LogP contribution in [0.2, 0.25) is 5.02 Å². The van der Waals surface area contributed by atoms with Crippen molar-refractivity contribution in [3.63, 3.8) is 0 Å². The number of Topliss-reactive ketones (excluding diaryl/α,β-unsaturated/α-hetero) is 1. The Morgan fingerprint density at radius 2 is 1.75 bits per heavy atom. The van der Waals surface area contributed by atoms with Gasteiger partial charge in [0.15, 0.2) is 23.3 Å². The highest BCUT2D eigenvalue weighted by Gasteiger charge is 2.52. The van der Waals surface area contributed by atoms with E-state index in [0.29, 0.717) is 32.8 Å². The van der Waals surface area contributed by atoms with Gasteiger partial charge >= 0.3 is 6.18 Å². The first-order valence-corrected chi connectivity index (χ1v) is 16.5. The minimum Gasteiger partial charge on any atom is -0.489 e. The summed E-state index contributed by atoms with van der Waals surface area (Å²) < 4.78 is 80.9. The lowest BCUT2D eigenvalue weighted by molar-refractivity contribution is -0.180. The molecule has 2 aliphatic rings. The minimum absolute atomic E-state index is 0.0432. The highest BCUT2D eigenvalue weighted by atomic mass is 35.5. The van der Waals surface area contributed by atoms with Crippen molar-refractivity contribution in [1.82, 2.24) is 19.9 Å². The lowest BCUT2D eigenvalue weighted by Crippen LogP contribution is -2.66. The number of ketones is 1. The average Bonchev–Trinajstić information content (AvgIpc) is 3.06. The topological polar surface area (TPSA) is 104 Å². The minimum atomic E-state index is -4.68. The van der Waals surface area contributed by atoms with E-state index in [9.17, 15) is 27.6 Å². The van der Waals surface area contributed by atoms with Gasteiger partial charge in [0.2, 0.25) is 11.7 Å². The number of alkyl halides is 3. The predicted octanol–water partition coefficient (Wildman–Crippen LogP) is 5.84. The third-order valence-electron chi connectivity index (χ3n) is 8.71. The summed E-state index contributed by atoms with van der Waals surface area (Å²) in [7, 11) is 1.45. The monoisotopic (exact) mass is 737 g/mol. The molecule has 0 radical (unpaired) electrons. The third kappa shape index (κ3) is 8.49. The van der Waals surface area contributed by atoms with Gasteiger partial charge in [0.05, 0.1) is 25.8 Å². The molecule has 0 aliphatic carbocycles. The molecule has 0 spiro atoms. The Balaban J connectivity index is 1.39. The number of rotatable bonds is 9. The summed E-state index contributed by atoms with van der Waals surface area (Å²) in [5, 5.41) is 5.10. The van der Waals surface area contributed by atoms with Crippen LogP contribution in [-0.4, -0.2) is 90.0 Å². The number of anilines is 1. The maximum absolute atomic E-state index is 15.5. The normalized spacial score (nSPS) is 19.4. The van der Waals surface area contributed by atoms with E-state index >= 15 is 8.78 Å². The maximum atomic E-state index is 15.5. The Morgan fingerprint density at radius 1 is 1.04 bits per heavy atom. The number of ether oxygens (including phenoxy) is 2. The number of aromatic nitrogens is 1. The van der Waals surface area contributed by atoms with Crippen LogP contribution in [0, 0.1) is 23.0 Å². The molecular formula is C35H37ClF5N5O5. The van der Waals surface area contributed by atoms with Crippen LogP contribution in [0.5, 0.6) is 5.75 Å². The van der Waals surface area contributed by atoms with Gasteiger partial charge in [-0.05, 0) is 35.7 Å². The number of benzene rings is 2. The maximum Gasteiger partial charge on any atom is 0.433 e. The zero-order chi connectivity index (χ0) is 37.2. The Labute approximate surface area is 296 Å². The quantitative estimate of drug-likeness (QED) is 0.216. The first-order chi connectivity index (χ1) is 24.0. The number of morpholine rings is 1. The molecule has 274 valence electrons. The summed E-state index contributed by atoms with van der Waals surface area (Å²) >= 11 is 6.17. The van der Waals surface area contributed by atoms with E-state index in [1.165, 1.54) is 42.4 Å². The van der Waals surface area contributed by atoms with Gasteiger partial charge in [0.25, 0.3) is 5.91 Å². The number of hydrogen-bond acceptors (Lipinski definition) is 8. The van der Waals surface area contributed by atoms with E-state index in [1.807, 2.05) is 0 Å². The first kappa shape index (κ1) is 38.1. The van der Waals surface area contributed by atoms with Crippen molar-refractivity contribution in [3.8, 4) is 16.9 Å². The van der Waals surface area contributed by atoms with Crippen molar-refractivity contribution in [2.24, 2.45) is 11.3 Å². The van der Waals surface area contributed by atoms with Crippen molar-refractivity contribution in [2.75, 3.05) is 51.8 Å². The van der Waals surface area contributed by atoms with Crippen molar-refractivity contribution < 1.29 is 45.8 Å². The molecule has 1 aromatic heterocycles. The number of nitrogens with one attached hydrogen (secondary N) is 1. The second-order valence-electron chi connectivity index (χ2n) is 13.3. The molecule has 2 saturated heterocycles. The summed E-state index contributed by atoms with van der Waals surface area (Å²) in [4.78, 5) is 47.2. The van der Waals surface area contributed by atoms with E-state index < -0.39 is 65.0 Å². The van der Waals surface area contributed by atoms with Crippen LogP contribution in [0.3, 0.4) is 0 Å². The Morgan fingerprint density at radius 3 is 2.37 bits per heavy atom. The van der Waals surface area contributed by atoms with Crippen LogP contribution in [0.1, 0.15) is 32.0 Å². The summed E-state index contributed by atoms with van der Waals surface area (Å²) in [5.74, 6) is -7.45. The lowest BCUT2D eigenvalue weighted by atomic mass is 9.78. The Kier molecular flexibility index (Phi) is 11.3. The lowest BCUT2D eigenvalue weighted by Gasteiger charge is -2.48. The fourth-order valence-electron chi connectivity index (χ4n) is 6.19. The molecule has 1 N–H and O–H groups in total. The van der Waals surface area contributed by atoms with Crippen LogP contribution >= 0.6 is 11.6 Å². The van der Waals surface area contributed by atoms with Crippen LogP contribution in [0.4, 0.5) is 27.6 Å². The number of hydrazine groups is 1. The smallest absolute Gasteiger partial charge is 0.433 e. The average molecular weight is 738 g/mol. The van der Waals surface area contributed by atoms with Gasteiger partial charge in [-0.25, -0.2) is 9.40 Å². The number of halogens is 6. The van der Waals surface area contributed by atoms with Crippen molar-refractivity contribution >= 4 is 34.9 Å². The number of amides is 2. The van der Waals surface area contributed by atoms with E-state index in [2.05, 4.69) is 15.2 Å². The van der Waals surface area contributed by atoms with Gasteiger partial charge in [0, 0.05) is 60.3 Å². The highest BCUT2D eigenvalue weighted by Crippen LogP contribution is 2.37. The second-order valence-corrected chi connectivity index (χ2v) is 13.8. The van der Waals surface area contributed by atoms with Crippen molar-refractivity contribution in [2.45, 2.75) is 39.5 Å². The molecule has 10 nitrogen and oxygen atoms in total. The molecule has 2 fully saturated rings. The molecule has 2 aromatic carbocycles. The predicted molar refractivity (Wildman–Crippen MR) is 177 cm³/mol. The van der Waals surface area contributed by atoms with Gasteiger partial charge in [-0.15, -0.1) is 0 Å². The van der Waals surface area contributed by atoms with Gasteiger partial charge in [0.1, 0.15) is 12.3 Å². The van der Waals surface area contributed by atoms with Gasteiger partial charge in [-0.3, -0.25) is 29.3 Å². The fraction of sp³-hybridized carbons (Fsp3) is 0.429. The number of carbonyl (C=O) groups excluding carboxylic acids is 3. The molecule has 3 aromatic rings. The Bertz CT molecular complexity index is 1780. The molecule has 1 unspecified atom stereocenters. The van der Waals surface area contributed by atoms with Crippen LogP contribution < -0.4 is 10.1 Å². The second kappa shape index (κ2) is 15.2. The fourth-order valence-corrected chi connectivity index (χ4v) is 6.36. The van der Waals surface area contributed by atoms with Crippen LogP contribution in [0.15, 0.2) is 48.7 Å². The number of carbonyl (C=O) groups is 3. The highest BCUT2D eigenvalue weighted by molar-refractivity contribution is 6.31. The molecule has 2 atom stereocenters. The molecule has 5 rings (SSSR count). The third-order valence-corrected chi connectivity index (χ3v) is 8.95. The Hall–Kier alpha value is -4.18. The zero-order valence-corrected chi connectivity index (χ0v) is 29.1. The number of nitrogens with zero attached hydrogens (tertiary/aromatic N) is 4. The van der Waals surface area contributed by atoms with Crippen molar-refractivity contribution in [1.29, 1.82) is 0 Å². The largest absolute Gasteiger partial charge is 0.489 e. The van der Waals surface area contributed by atoms with E-state index in [-0.39, 0.29) is 39.8 Å². The van der Waals surface area contributed by atoms with E-state index in [0.717, 1.165) is 23.3 Å². The molecule has 2 aliphatic heterocycles. The number of hydrogen-bond donors (Lipinski definition) is 1. The van der Waals surface area contributed by atoms with E-state index in [4.69, 9.17) is 21.1 Å². The molecule has 51 heavy (non-hydrogen) atoms. The van der Waals surface area contributed by atoms with Crippen LogP contribution in [-0.2, 0) is 31.8 Å². The molecule has 0 saturated carbocycles. The first-order valence-electron chi connectivity index (χ1n) is 16.1. The molecular weight excluding hydrogens is 701 g/mol. The summed E-state index contributed by atoms with van der Waals surface area (Å²) in [6, 6.07) is 7.57. The molecule has 3 heterocycles. The van der Waals surface area contributed by atoms with Gasteiger partial charge < -0.3 is 14.8 Å². The molecule has 16 heteroatoms. The molecule has 2 amide bonds. The van der Waals surface area contributed by atoms with Crippen LogP contribution in [0.25, 0.3) is 11.1 Å².